The number of likely N-dealkylation sites (tertiary alicyclic amines) is 1. The first-order valence-corrected chi connectivity index (χ1v) is 9.84. The second kappa shape index (κ2) is 8.64. The zero-order valence-electron chi connectivity index (χ0n) is 19.1. The number of amides is 1. The normalized spacial score (nSPS) is 22.6. The molecule has 0 aromatic rings. The number of carbonyl (C=O) groups excluding carboxylic acids is 3. The van der Waals surface area contributed by atoms with Crippen LogP contribution in [0.4, 0.5) is 4.79 Å². The van der Waals surface area contributed by atoms with Gasteiger partial charge in [-0.05, 0) is 62.3 Å². The maximum Gasteiger partial charge on any atom is 0.411 e. The summed E-state index contributed by atoms with van der Waals surface area (Å²) in [7, 11) is 0. The molecule has 7 heteroatoms. The molecule has 0 unspecified atom stereocenters. The molecule has 1 amide bonds. The highest BCUT2D eigenvalue weighted by atomic mass is 16.6. The molecule has 1 rings (SSSR count). The average Bonchev–Trinajstić information content (AvgIpc) is 2.80. The first-order chi connectivity index (χ1) is 12.9. The lowest BCUT2D eigenvalue weighted by molar-refractivity contribution is -0.163. The van der Waals surface area contributed by atoms with Crippen LogP contribution in [-0.2, 0) is 23.8 Å². The summed E-state index contributed by atoms with van der Waals surface area (Å²) in [6, 6.07) is -1.03. The molecule has 1 saturated heterocycles. The van der Waals surface area contributed by atoms with Crippen LogP contribution < -0.4 is 0 Å². The molecule has 3 atom stereocenters. The second-order valence-corrected chi connectivity index (χ2v) is 10.3. The molecule has 1 aliphatic rings. The van der Waals surface area contributed by atoms with E-state index in [-0.39, 0.29) is 13.0 Å². The van der Waals surface area contributed by atoms with Gasteiger partial charge in [-0.1, -0.05) is 0 Å². The lowest BCUT2D eigenvalue weighted by atomic mass is 9.88. The fourth-order valence-corrected chi connectivity index (χ4v) is 3.09. The highest BCUT2D eigenvalue weighted by molar-refractivity contribution is 5.84. The Morgan fingerprint density at radius 1 is 0.897 bits per heavy atom. The van der Waals surface area contributed by atoms with Crippen molar-refractivity contribution in [2.75, 3.05) is 6.54 Å². The van der Waals surface area contributed by atoms with Crippen LogP contribution in [0.2, 0.25) is 0 Å². The maximum absolute atomic E-state index is 13.0. The molecule has 0 spiro atoms. The summed E-state index contributed by atoms with van der Waals surface area (Å²) in [5.41, 5.74) is -2.18. The summed E-state index contributed by atoms with van der Waals surface area (Å²) in [5.74, 6) is 0.378. The predicted octanol–water partition coefficient (Wildman–Crippen LogP) is 3.54. The molecule has 1 fully saturated rings. The van der Waals surface area contributed by atoms with E-state index in [1.807, 2.05) is 0 Å². The van der Waals surface area contributed by atoms with Gasteiger partial charge in [-0.2, -0.15) is 0 Å². The minimum atomic E-state index is -1.03. The summed E-state index contributed by atoms with van der Waals surface area (Å²) in [5, 5.41) is 0. The van der Waals surface area contributed by atoms with Crippen molar-refractivity contribution in [2.45, 2.75) is 91.6 Å². The van der Waals surface area contributed by atoms with Crippen molar-refractivity contribution in [1.29, 1.82) is 0 Å². The zero-order valence-corrected chi connectivity index (χ0v) is 19.1. The van der Waals surface area contributed by atoms with Crippen molar-refractivity contribution in [2.24, 2.45) is 11.8 Å². The Morgan fingerprint density at radius 2 is 1.38 bits per heavy atom. The fourth-order valence-electron chi connectivity index (χ4n) is 3.09. The van der Waals surface area contributed by atoms with Gasteiger partial charge >= 0.3 is 18.0 Å². The molecular weight excluding hydrogens is 374 g/mol. The SMILES string of the molecule is C#C[C@H]1CN(C(=O)OC(C)(C)C)[C@H](C(=O)OC(C)(C)C)[C@H]1CC(=O)OC(C)(C)C. The molecule has 0 saturated carbocycles. The van der Waals surface area contributed by atoms with E-state index in [9.17, 15) is 14.4 Å². The van der Waals surface area contributed by atoms with Gasteiger partial charge in [0.25, 0.3) is 0 Å². The van der Waals surface area contributed by atoms with Crippen LogP contribution in [0.5, 0.6) is 0 Å². The first kappa shape index (κ1) is 24.8. The van der Waals surface area contributed by atoms with E-state index in [4.69, 9.17) is 20.6 Å². The van der Waals surface area contributed by atoms with Crippen LogP contribution in [0.3, 0.4) is 0 Å². The maximum atomic E-state index is 13.0. The summed E-state index contributed by atoms with van der Waals surface area (Å²) < 4.78 is 16.4. The summed E-state index contributed by atoms with van der Waals surface area (Å²) >= 11 is 0. The van der Waals surface area contributed by atoms with Crippen molar-refractivity contribution >= 4 is 18.0 Å². The minimum Gasteiger partial charge on any atom is -0.460 e. The van der Waals surface area contributed by atoms with E-state index in [0.29, 0.717) is 0 Å². The predicted molar refractivity (Wildman–Crippen MR) is 109 cm³/mol. The standard InChI is InChI=1S/C22H35NO6/c1-11-14-13-23(19(26)29-22(8,9)10)17(18(25)28-21(5,6)7)15(14)12-16(24)27-20(2,3)4/h1,14-15,17H,12-13H2,2-10H3/t14-,15-,17-/m0/s1. The van der Waals surface area contributed by atoms with Crippen LogP contribution in [0.25, 0.3) is 0 Å². The number of rotatable bonds is 3. The Hall–Kier alpha value is -2.23. The topological polar surface area (TPSA) is 82.1 Å². The number of esters is 2. The highest BCUT2D eigenvalue weighted by Gasteiger charge is 2.51. The molecule has 1 heterocycles. The molecule has 164 valence electrons. The van der Waals surface area contributed by atoms with Gasteiger partial charge in [0.15, 0.2) is 0 Å². The number of hydrogen-bond donors (Lipinski definition) is 0. The summed E-state index contributed by atoms with van der Waals surface area (Å²) in [6.07, 6.45) is 4.91. The van der Waals surface area contributed by atoms with Crippen LogP contribution in [0.1, 0.15) is 68.7 Å². The van der Waals surface area contributed by atoms with Gasteiger partial charge in [0.05, 0.1) is 6.42 Å². The molecule has 0 bridgehead atoms. The van der Waals surface area contributed by atoms with Crippen molar-refractivity contribution in [1.82, 2.24) is 4.90 Å². The lowest BCUT2D eigenvalue weighted by Gasteiger charge is -2.31. The third-order valence-electron chi connectivity index (χ3n) is 3.96. The third kappa shape index (κ3) is 7.96. The molecule has 0 radical (unpaired) electrons. The average molecular weight is 410 g/mol. The molecule has 1 aliphatic heterocycles. The fraction of sp³-hybridized carbons (Fsp3) is 0.773. The minimum absolute atomic E-state index is 0.1000. The Morgan fingerprint density at radius 3 is 1.79 bits per heavy atom. The van der Waals surface area contributed by atoms with E-state index in [0.717, 1.165) is 0 Å². The van der Waals surface area contributed by atoms with Crippen LogP contribution in [0.15, 0.2) is 0 Å². The smallest absolute Gasteiger partial charge is 0.411 e. The Kier molecular flexibility index (Phi) is 7.39. The quantitative estimate of drug-likeness (QED) is 0.403. The first-order valence-electron chi connectivity index (χ1n) is 9.84. The number of nitrogens with zero attached hydrogens (tertiary/aromatic N) is 1. The third-order valence-corrected chi connectivity index (χ3v) is 3.96. The van der Waals surface area contributed by atoms with Crippen LogP contribution >= 0.6 is 0 Å². The monoisotopic (exact) mass is 409 g/mol. The van der Waals surface area contributed by atoms with Crippen molar-refractivity contribution in [3.8, 4) is 12.3 Å². The largest absolute Gasteiger partial charge is 0.460 e. The summed E-state index contributed by atoms with van der Waals surface area (Å²) in [4.78, 5) is 39.5. The molecule has 0 aliphatic carbocycles. The van der Waals surface area contributed by atoms with Gasteiger partial charge < -0.3 is 14.2 Å². The summed E-state index contributed by atoms with van der Waals surface area (Å²) in [6.45, 7) is 15.8. The molecule has 0 aromatic carbocycles. The highest BCUT2D eigenvalue weighted by Crippen LogP contribution is 2.35. The van der Waals surface area contributed by atoms with E-state index >= 15 is 0 Å². The number of terminal acetylenes is 1. The number of ether oxygens (including phenoxy) is 3. The molecule has 0 N–H and O–H groups in total. The Labute approximate surface area is 174 Å². The van der Waals surface area contributed by atoms with Gasteiger partial charge in [-0.3, -0.25) is 9.69 Å². The van der Waals surface area contributed by atoms with Crippen molar-refractivity contribution in [3.05, 3.63) is 0 Å². The van der Waals surface area contributed by atoms with Crippen molar-refractivity contribution < 1.29 is 28.6 Å². The Bertz CT molecular complexity index is 671. The molecular formula is C22H35NO6. The van der Waals surface area contributed by atoms with E-state index in [1.165, 1.54) is 4.90 Å². The van der Waals surface area contributed by atoms with Crippen LogP contribution in [0, 0.1) is 24.2 Å². The number of hydrogen-bond acceptors (Lipinski definition) is 6. The van der Waals surface area contributed by atoms with E-state index in [1.54, 1.807) is 62.3 Å². The van der Waals surface area contributed by atoms with Gasteiger partial charge in [0.2, 0.25) is 0 Å². The van der Waals surface area contributed by atoms with Gasteiger partial charge in [-0.15, -0.1) is 12.3 Å². The zero-order chi connectivity index (χ0) is 22.8. The van der Waals surface area contributed by atoms with E-state index in [2.05, 4.69) is 5.92 Å². The Balaban J connectivity index is 3.23. The second-order valence-electron chi connectivity index (χ2n) is 10.3. The molecule has 29 heavy (non-hydrogen) atoms. The lowest BCUT2D eigenvalue weighted by Crippen LogP contribution is -2.48. The van der Waals surface area contributed by atoms with Gasteiger partial charge in [0, 0.05) is 18.4 Å². The number of carbonyl (C=O) groups is 3. The van der Waals surface area contributed by atoms with Crippen molar-refractivity contribution in [3.63, 3.8) is 0 Å². The molecule has 0 aromatic heterocycles. The van der Waals surface area contributed by atoms with Gasteiger partial charge in [0.1, 0.15) is 22.8 Å². The van der Waals surface area contributed by atoms with E-state index < -0.39 is 52.7 Å². The van der Waals surface area contributed by atoms with Gasteiger partial charge in [-0.25, -0.2) is 9.59 Å². The molecule has 7 nitrogen and oxygen atoms in total. The van der Waals surface area contributed by atoms with Crippen LogP contribution in [-0.4, -0.2) is 52.3 Å².